The van der Waals surface area contributed by atoms with Crippen LogP contribution in [0.5, 0.6) is 0 Å². The molecule has 0 saturated heterocycles. The van der Waals surface area contributed by atoms with Gasteiger partial charge in [-0.3, -0.25) is 0 Å². The van der Waals surface area contributed by atoms with Crippen LogP contribution in [0.2, 0.25) is 0 Å². The zero-order valence-corrected chi connectivity index (χ0v) is 13.4. The second-order valence-electron chi connectivity index (χ2n) is 5.26. The lowest BCUT2D eigenvalue weighted by Gasteiger charge is -2.22. The Morgan fingerprint density at radius 2 is 1.55 bits per heavy atom. The van der Waals surface area contributed by atoms with Gasteiger partial charge in [-0.2, -0.15) is 0 Å². The van der Waals surface area contributed by atoms with Gasteiger partial charge < -0.3 is 10.2 Å². The van der Waals surface area contributed by atoms with Gasteiger partial charge in [0, 0.05) is 37.6 Å². The molecule has 0 aliphatic carbocycles. The fraction of sp³-hybridized carbons (Fsp3) is 0.750. The fourth-order valence-electron chi connectivity index (χ4n) is 2.02. The minimum Gasteiger partial charge on any atom is -0.341 e. The molecule has 0 fully saturated rings. The van der Waals surface area contributed by atoms with Gasteiger partial charge in [-0.25, -0.2) is 9.97 Å². The lowest BCUT2D eigenvalue weighted by molar-refractivity contribution is 0.655. The Bertz CT molecular complexity index is 329. The van der Waals surface area contributed by atoms with Crippen LogP contribution in [0.15, 0.2) is 12.4 Å². The minimum absolute atomic E-state index is 0.859. The van der Waals surface area contributed by atoms with Gasteiger partial charge in [0.1, 0.15) is 0 Å². The van der Waals surface area contributed by atoms with Crippen molar-refractivity contribution in [3.05, 3.63) is 18.0 Å². The topological polar surface area (TPSA) is 41.1 Å². The third-order valence-corrected chi connectivity index (χ3v) is 3.29. The van der Waals surface area contributed by atoms with Crippen molar-refractivity contribution >= 4 is 5.95 Å². The predicted molar refractivity (Wildman–Crippen MR) is 86.1 cm³/mol. The summed E-state index contributed by atoms with van der Waals surface area (Å²) in [4.78, 5) is 11.4. The highest BCUT2D eigenvalue weighted by atomic mass is 15.2. The van der Waals surface area contributed by atoms with Gasteiger partial charge in [0.15, 0.2) is 0 Å². The Labute approximate surface area is 124 Å². The van der Waals surface area contributed by atoms with E-state index < -0.39 is 0 Å². The summed E-state index contributed by atoms with van der Waals surface area (Å²) in [5.41, 5.74) is 1.16. The standard InChI is InChI=1S/C16H30N4/c1-4-7-10-20(11-8-5-2)16-18-13-15(14-19-16)12-17-9-6-3/h13-14,17H,4-12H2,1-3H3. The molecule has 0 saturated carbocycles. The quantitative estimate of drug-likeness (QED) is 0.630. The first-order valence-electron chi connectivity index (χ1n) is 8.08. The summed E-state index contributed by atoms with van der Waals surface area (Å²) in [6.07, 6.45) is 9.88. The Balaban J connectivity index is 2.56. The molecule has 4 heteroatoms. The number of hydrogen-bond donors (Lipinski definition) is 1. The maximum atomic E-state index is 4.54. The molecule has 1 N–H and O–H groups in total. The summed E-state index contributed by atoms with van der Waals surface area (Å²) >= 11 is 0. The number of hydrogen-bond acceptors (Lipinski definition) is 4. The molecule has 0 aromatic carbocycles. The normalized spacial score (nSPS) is 10.8. The fourth-order valence-corrected chi connectivity index (χ4v) is 2.02. The number of anilines is 1. The van der Waals surface area contributed by atoms with Gasteiger partial charge >= 0.3 is 0 Å². The van der Waals surface area contributed by atoms with Crippen LogP contribution in [0.25, 0.3) is 0 Å². The van der Waals surface area contributed by atoms with E-state index in [4.69, 9.17) is 0 Å². The number of rotatable bonds is 11. The van der Waals surface area contributed by atoms with Crippen molar-refractivity contribution in [1.29, 1.82) is 0 Å². The summed E-state index contributed by atoms with van der Waals surface area (Å²) in [5.74, 6) is 0.881. The molecular weight excluding hydrogens is 248 g/mol. The lowest BCUT2D eigenvalue weighted by atomic mass is 10.2. The molecule has 0 aliphatic rings. The summed E-state index contributed by atoms with van der Waals surface area (Å²) in [6.45, 7) is 10.6. The van der Waals surface area contributed by atoms with E-state index in [9.17, 15) is 0 Å². The molecule has 0 amide bonds. The highest BCUT2D eigenvalue weighted by Crippen LogP contribution is 2.10. The predicted octanol–water partition coefficient (Wildman–Crippen LogP) is 3.38. The largest absolute Gasteiger partial charge is 0.341 e. The number of unbranched alkanes of at least 4 members (excludes halogenated alkanes) is 2. The van der Waals surface area contributed by atoms with Crippen molar-refractivity contribution in [2.24, 2.45) is 0 Å². The van der Waals surface area contributed by atoms with Gasteiger partial charge in [0.2, 0.25) is 5.95 Å². The van der Waals surface area contributed by atoms with Crippen LogP contribution in [-0.2, 0) is 6.54 Å². The molecule has 0 unspecified atom stereocenters. The third kappa shape index (κ3) is 6.33. The Morgan fingerprint density at radius 1 is 0.950 bits per heavy atom. The highest BCUT2D eigenvalue weighted by Gasteiger charge is 2.08. The van der Waals surface area contributed by atoms with Gasteiger partial charge in [-0.1, -0.05) is 33.6 Å². The third-order valence-electron chi connectivity index (χ3n) is 3.29. The summed E-state index contributed by atoms with van der Waals surface area (Å²) in [7, 11) is 0. The van der Waals surface area contributed by atoms with Crippen LogP contribution in [0, 0.1) is 0 Å². The van der Waals surface area contributed by atoms with Gasteiger partial charge in [-0.05, 0) is 25.8 Å². The monoisotopic (exact) mass is 278 g/mol. The zero-order valence-electron chi connectivity index (χ0n) is 13.4. The van der Waals surface area contributed by atoms with E-state index in [1.807, 2.05) is 12.4 Å². The summed E-state index contributed by atoms with van der Waals surface area (Å²) < 4.78 is 0. The lowest BCUT2D eigenvalue weighted by Crippen LogP contribution is -2.27. The molecule has 1 aromatic heterocycles. The van der Waals surface area contributed by atoms with E-state index in [-0.39, 0.29) is 0 Å². The van der Waals surface area contributed by atoms with Crippen LogP contribution in [0.1, 0.15) is 58.4 Å². The second-order valence-corrected chi connectivity index (χ2v) is 5.26. The molecule has 4 nitrogen and oxygen atoms in total. The molecule has 0 bridgehead atoms. The SMILES string of the molecule is CCCCN(CCCC)c1ncc(CNCCC)cn1. The van der Waals surface area contributed by atoms with Crippen LogP contribution < -0.4 is 10.2 Å². The van der Waals surface area contributed by atoms with Crippen molar-refractivity contribution in [3.63, 3.8) is 0 Å². The smallest absolute Gasteiger partial charge is 0.225 e. The van der Waals surface area contributed by atoms with Crippen molar-refractivity contribution < 1.29 is 0 Å². The highest BCUT2D eigenvalue weighted by molar-refractivity contribution is 5.29. The van der Waals surface area contributed by atoms with Gasteiger partial charge in [0.25, 0.3) is 0 Å². The van der Waals surface area contributed by atoms with E-state index in [0.717, 1.165) is 44.1 Å². The molecule has 0 spiro atoms. The maximum absolute atomic E-state index is 4.54. The van der Waals surface area contributed by atoms with Crippen molar-refractivity contribution in [1.82, 2.24) is 15.3 Å². The van der Waals surface area contributed by atoms with Crippen LogP contribution in [0.3, 0.4) is 0 Å². The van der Waals surface area contributed by atoms with E-state index in [1.54, 1.807) is 0 Å². The first-order valence-corrected chi connectivity index (χ1v) is 8.08. The minimum atomic E-state index is 0.859. The van der Waals surface area contributed by atoms with Crippen LogP contribution in [0.4, 0.5) is 5.95 Å². The zero-order chi connectivity index (χ0) is 14.6. The first kappa shape index (κ1) is 16.9. The Kier molecular flexibility index (Phi) is 8.96. The molecule has 0 atom stereocenters. The van der Waals surface area contributed by atoms with E-state index in [2.05, 4.69) is 41.0 Å². The second kappa shape index (κ2) is 10.6. The molecule has 1 rings (SSSR count). The average Bonchev–Trinajstić information content (AvgIpc) is 2.49. The number of nitrogens with one attached hydrogen (secondary N) is 1. The van der Waals surface area contributed by atoms with E-state index in [1.165, 1.54) is 25.7 Å². The Morgan fingerprint density at radius 3 is 2.05 bits per heavy atom. The maximum Gasteiger partial charge on any atom is 0.225 e. The van der Waals surface area contributed by atoms with Crippen LogP contribution >= 0.6 is 0 Å². The molecule has 0 radical (unpaired) electrons. The van der Waals surface area contributed by atoms with Gasteiger partial charge in [0.05, 0.1) is 0 Å². The van der Waals surface area contributed by atoms with Crippen molar-refractivity contribution in [3.8, 4) is 0 Å². The molecular formula is C16H30N4. The first-order chi connectivity index (χ1) is 9.81. The number of nitrogens with zero attached hydrogens (tertiary/aromatic N) is 3. The molecule has 0 aliphatic heterocycles. The average molecular weight is 278 g/mol. The number of aromatic nitrogens is 2. The summed E-state index contributed by atoms with van der Waals surface area (Å²) in [6, 6.07) is 0. The van der Waals surface area contributed by atoms with E-state index in [0.29, 0.717) is 0 Å². The molecule has 1 heterocycles. The van der Waals surface area contributed by atoms with Gasteiger partial charge in [-0.15, -0.1) is 0 Å². The van der Waals surface area contributed by atoms with Crippen molar-refractivity contribution in [2.45, 2.75) is 59.4 Å². The van der Waals surface area contributed by atoms with Crippen molar-refractivity contribution in [2.75, 3.05) is 24.5 Å². The van der Waals surface area contributed by atoms with E-state index >= 15 is 0 Å². The molecule has 114 valence electrons. The summed E-state index contributed by atoms with van der Waals surface area (Å²) in [5, 5.41) is 3.38. The molecule has 20 heavy (non-hydrogen) atoms. The molecule has 1 aromatic rings. The Hall–Kier alpha value is -1.16. The van der Waals surface area contributed by atoms with Crippen LogP contribution in [-0.4, -0.2) is 29.6 Å².